The van der Waals surface area contributed by atoms with Crippen molar-refractivity contribution in [2.45, 2.75) is 58.8 Å². The van der Waals surface area contributed by atoms with Gasteiger partial charge in [-0.3, -0.25) is 9.59 Å². The van der Waals surface area contributed by atoms with E-state index in [0.29, 0.717) is 43.4 Å². The number of carbonyl (C=O) groups is 3. The number of anilines is 1. The van der Waals surface area contributed by atoms with Gasteiger partial charge in [0.15, 0.2) is 21.8 Å². The quantitative estimate of drug-likeness (QED) is 0.258. The molecule has 0 spiro atoms. The van der Waals surface area contributed by atoms with Crippen molar-refractivity contribution in [2.75, 3.05) is 44.9 Å². The van der Waals surface area contributed by atoms with Crippen molar-refractivity contribution in [2.24, 2.45) is 0 Å². The number of carbonyl (C=O) groups excluding carboxylic acids is 3. The monoisotopic (exact) mass is 570 g/mol. The summed E-state index contributed by atoms with van der Waals surface area (Å²) in [6.07, 6.45) is 0.697. The third-order valence-electron chi connectivity index (χ3n) is 5.77. The number of imidazole rings is 1. The minimum atomic E-state index is -0.603. The lowest BCUT2D eigenvalue weighted by Crippen LogP contribution is -2.56. The zero-order valence-electron chi connectivity index (χ0n) is 22.3. The topological polar surface area (TPSA) is 148 Å². The Morgan fingerprint density at radius 2 is 2.00 bits per heavy atom. The minimum Gasteiger partial charge on any atom is -0.462 e. The first kappa shape index (κ1) is 29.8. The van der Waals surface area contributed by atoms with Crippen LogP contribution in [0.25, 0.3) is 0 Å². The zero-order valence-corrected chi connectivity index (χ0v) is 23.8. The summed E-state index contributed by atoms with van der Waals surface area (Å²) < 4.78 is 16.3. The summed E-state index contributed by atoms with van der Waals surface area (Å²) in [5.74, 6) is -1.29. The fourth-order valence-corrected chi connectivity index (χ4v) is 5.25. The summed E-state index contributed by atoms with van der Waals surface area (Å²) in [5.41, 5.74) is 0.711. The number of piperidine rings is 1. The van der Waals surface area contributed by atoms with E-state index in [-0.39, 0.29) is 58.9 Å². The molecular weight excluding hydrogens is 536 g/mol. The number of hydrogen-bond donors (Lipinski definition) is 3. The van der Waals surface area contributed by atoms with E-state index in [4.69, 9.17) is 25.8 Å². The summed E-state index contributed by atoms with van der Waals surface area (Å²) in [6, 6.07) is -0.295. The number of hydrogen-bond acceptors (Lipinski definition) is 10. The first-order chi connectivity index (χ1) is 18.2. The molecule has 2 amide bonds. The molecule has 2 unspecified atom stereocenters. The van der Waals surface area contributed by atoms with Crippen LogP contribution in [0.1, 0.15) is 70.6 Å². The average Bonchev–Trinajstić information content (AvgIpc) is 3.49. The third kappa shape index (κ3) is 7.43. The lowest BCUT2D eigenvalue weighted by Gasteiger charge is -2.39. The number of halogens is 1. The molecule has 0 saturated carbocycles. The van der Waals surface area contributed by atoms with Gasteiger partial charge in [-0.2, -0.15) is 0 Å². The first-order valence-electron chi connectivity index (χ1n) is 12.6. The Morgan fingerprint density at radius 3 is 2.63 bits per heavy atom. The molecule has 1 aliphatic rings. The van der Waals surface area contributed by atoms with Crippen LogP contribution in [0.3, 0.4) is 0 Å². The molecule has 2 aromatic heterocycles. The second kappa shape index (κ2) is 13.9. The van der Waals surface area contributed by atoms with Gasteiger partial charge in [-0.25, -0.2) is 14.8 Å². The van der Waals surface area contributed by atoms with E-state index in [2.05, 4.69) is 25.6 Å². The molecule has 3 heterocycles. The first-order valence-corrected chi connectivity index (χ1v) is 13.8. The molecule has 0 aromatic carbocycles. The standard InChI is InChI=1S/C24H35ClN6O6S/c1-6-14-19(25)30-20(27-14)22(33)28-15-8-10-31(12-16(15)37-13(3)4)24-29-17(21(32)26-9-11-35-5)18(38-24)23(34)36-7-2/h13,15-16H,6-12H2,1-5H3,(H,26,32)(H,27,30)(H,28,33). The number of aromatic amines is 1. The molecular formula is C24H35ClN6O6S. The van der Waals surface area contributed by atoms with E-state index in [1.54, 1.807) is 6.92 Å². The maximum atomic E-state index is 12.9. The molecule has 210 valence electrons. The summed E-state index contributed by atoms with van der Waals surface area (Å²) >= 11 is 7.20. The normalized spacial score (nSPS) is 17.5. The molecule has 14 heteroatoms. The zero-order chi connectivity index (χ0) is 27.8. The van der Waals surface area contributed by atoms with Crippen molar-refractivity contribution in [3.05, 3.63) is 27.2 Å². The van der Waals surface area contributed by atoms with E-state index in [1.165, 1.54) is 7.11 Å². The fourth-order valence-electron chi connectivity index (χ4n) is 3.99. The van der Waals surface area contributed by atoms with Crippen molar-refractivity contribution >= 4 is 45.9 Å². The number of aromatic nitrogens is 3. The van der Waals surface area contributed by atoms with Gasteiger partial charge < -0.3 is 34.7 Å². The highest BCUT2D eigenvalue weighted by Crippen LogP contribution is 2.30. The molecule has 2 atom stereocenters. The van der Waals surface area contributed by atoms with Gasteiger partial charge in [0.2, 0.25) is 0 Å². The molecule has 0 bridgehead atoms. The molecule has 38 heavy (non-hydrogen) atoms. The number of nitrogens with one attached hydrogen (secondary N) is 3. The predicted molar refractivity (Wildman–Crippen MR) is 143 cm³/mol. The van der Waals surface area contributed by atoms with Crippen LogP contribution >= 0.6 is 22.9 Å². The largest absolute Gasteiger partial charge is 0.462 e. The number of thiazole rings is 1. The van der Waals surface area contributed by atoms with Crippen molar-refractivity contribution < 1.29 is 28.6 Å². The summed E-state index contributed by atoms with van der Waals surface area (Å²) in [7, 11) is 1.53. The maximum absolute atomic E-state index is 12.9. The number of rotatable bonds is 12. The molecule has 2 aromatic rings. The maximum Gasteiger partial charge on any atom is 0.350 e. The van der Waals surface area contributed by atoms with Gasteiger partial charge in [0.1, 0.15) is 4.88 Å². The molecule has 1 aliphatic heterocycles. The molecule has 0 aliphatic carbocycles. The second-order valence-electron chi connectivity index (χ2n) is 8.89. The van der Waals surface area contributed by atoms with Crippen molar-refractivity contribution in [1.82, 2.24) is 25.6 Å². The molecule has 1 saturated heterocycles. The molecule has 12 nitrogen and oxygen atoms in total. The smallest absolute Gasteiger partial charge is 0.350 e. The van der Waals surface area contributed by atoms with Gasteiger partial charge in [-0.15, -0.1) is 0 Å². The number of amides is 2. The number of methoxy groups -OCH3 is 1. The summed E-state index contributed by atoms with van der Waals surface area (Å²) in [6.45, 7) is 9.15. The third-order valence-corrected chi connectivity index (χ3v) is 7.18. The summed E-state index contributed by atoms with van der Waals surface area (Å²) in [4.78, 5) is 52.0. The van der Waals surface area contributed by atoms with Crippen LogP contribution < -0.4 is 15.5 Å². The van der Waals surface area contributed by atoms with E-state index in [9.17, 15) is 14.4 Å². The van der Waals surface area contributed by atoms with E-state index in [0.717, 1.165) is 11.3 Å². The lowest BCUT2D eigenvalue weighted by atomic mass is 10.0. The Kier molecular flexibility index (Phi) is 10.9. The van der Waals surface area contributed by atoms with Crippen LogP contribution in [0.5, 0.6) is 0 Å². The second-order valence-corrected chi connectivity index (χ2v) is 10.2. The van der Waals surface area contributed by atoms with Crippen LogP contribution in [0, 0.1) is 0 Å². The predicted octanol–water partition coefficient (Wildman–Crippen LogP) is 2.44. The number of aryl methyl sites for hydroxylation is 1. The van der Waals surface area contributed by atoms with Gasteiger partial charge in [0.25, 0.3) is 11.8 Å². The fraction of sp³-hybridized carbons (Fsp3) is 0.625. The number of nitrogens with zero attached hydrogens (tertiary/aromatic N) is 3. The Hall–Kier alpha value is -2.74. The van der Waals surface area contributed by atoms with Gasteiger partial charge in [-0.1, -0.05) is 29.9 Å². The van der Waals surface area contributed by atoms with E-state index >= 15 is 0 Å². The van der Waals surface area contributed by atoms with Crippen molar-refractivity contribution in [3.63, 3.8) is 0 Å². The van der Waals surface area contributed by atoms with Crippen molar-refractivity contribution in [3.8, 4) is 0 Å². The number of ether oxygens (including phenoxy) is 3. The highest BCUT2D eigenvalue weighted by atomic mass is 35.5. The lowest BCUT2D eigenvalue weighted by molar-refractivity contribution is -0.0167. The van der Waals surface area contributed by atoms with Crippen LogP contribution in [0.4, 0.5) is 5.13 Å². The van der Waals surface area contributed by atoms with E-state index < -0.39 is 11.9 Å². The Bertz CT molecular complexity index is 1120. The molecule has 3 rings (SSSR count). The molecule has 0 radical (unpaired) electrons. The van der Waals surface area contributed by atoms with Crippen LogP contribution in [0.2, 0.25) is 5.15 Å². The molecule has 3 N–H and O–H groups in total. The van der Waals surface area contributed by atoms with E-state index in [1.807, 2.05) is 25.7 Å². The Labute approximate surface area is 230 Å². The van der Waals surface area contributed by atoms with Gasteiger partial charge in [-0.05, 0) is 33.6 Å². The van der Waals surface area contributed by atoms with Gasteiger partial charge in [0.05, 0.1) is 37.2 Å². The van der Waals surface area contributed by atoms with Crippen LogP contribution in [-0.4, -0.2) is 90.9 Å². The average molecular weight is 571 g/mol. The van der Waals surface area contributed by atoms with Crippen LogP contribution in [-0.2, 0) is 20.6 Å². The highest BCUT2D eigenvalue weighted by Gasteiger charge is 2.35. The SMILES string of the molecule is CCOC(=O)c1sc(N2CCC(NC(=O)c3nc(Cl)c(CC)[nH]3)C(OC(C)C)C2)nc1C(=O)NCCOC. The van der Waals surface area contributed by atoms with Gasteiger partial charge >= 0.3 is 5.97 Å². The Morgan fingerprint density at radius 1 is 1.24 bits per heavy atom. The Balaban J connectivity index is 1.79. The number of esters is 1. The summed E-state index contributed by atoms with van der Waals surface area (Å²) in [5, 5.41) is 6.50. The minimum absolute atomic E-state index is 0.0118. The highest BCUT2D eigenvalue weighted by molar-refractivity contribution is 7.17. The number of H-pyrrole nitrogens is 1. The molecule has 1 fully saturated rings. The van der Waals surface area contributed by atoms with Crippen LogP contribution in [0.15, 0.2) is 0 Å². The van der Waals surface area contributed by atoms with Gasteiger partial charge in [0, 0.05) is 26.7 Å². The van der Waals surface area contributed by atoms with Crippen molar-refractivity contribution in [1.29, 1.82) is 0 Å².